The van der Waals surface area contributed by atoms with Gasteiger partial charge in [0, 0.05) is 13.1 Å². The molecule has 0 heterocycles. The van der Waals surface area contributed by atoms with Crippen LogP contribution in [0, 0.1) is 5.82 Å². The van der Waals surface area contributed by atoms with Crippen molar-refractivity contribution in [3.8, 4) is 0 Å². The van der Waals surface area contributed by atoms with E-state index in [-0.39, 0.29) is 11.9 Å². The van der Waals surface area contributed by atoms with Gasteiger partial charge in [0.2, 0.25) is 0 Å². The van der Waals surface area contributed by atoms with E-state index >= 15 is 0 Å². The molecule has 0 aliphatic carbocycles. The minimum atomic E-state index is -0.486. The van der Waals surface area contributed by atoms with Crippen molar-refractivity contribution in [2.45, 2.75) is 39.7 Å². The zero-order chi connectivity index (χ0) is 14.5. The molecule has 1 rings (SSSR count). The summed E-state index contributed by atoms with van der Waals surface area (Å²) in [6.07, 6.45) is 0.380. The summed E-state index contributed by atoms with van der Waals surface area (Å²) in [6, 6.07) is 6.33. The molecule has 1 amide bonds. The predicted octanol–water partition coefficient (Wildman–Crippen LogP) is 3.63. The van der Waals surface area contributed by atoms with E-state index in [0.717, 1.165) is 5.56 Å². The lowest BCUT2D eigenvalue weighted by molar-refractivity contribution is 0.0262. The third-order valence-corrected chi connectivity index (χ3v) is 2.62. The number of ether oxygens (including phenoxy) is 1. The molecule has 0 N–H and O–H groups in total. The van der Waals surface area contributed by atoms with Gasteiger partial charge in [0.05, 0.1) is 0 Å². The van der Waals surface area contributed by atoms with Gasteiger partial charge in [0.15, 0.2) is 0 Å². The van der Waals surface area contributed by atoms with Gasteiger partial charge in [-0.25, -0.2) is 9.18 Å². The fourth-order valence-corrected chi connectivity index (χ4v) is 1.62. The lowest BCUT2D eigenvalue weighted by atomic mass is 10.1. The van der Waals surface area contributed by atoms with Gasteiger partial charge in [-0.15, -0.1) is 0 Å². The van der Waals surface area contributed by atoms with Crippen molar-refractivity contribution < 1.29 is 13.9 Å². The van der Waals surface area contributed by atoms with Crippen LogP contribution in [0.4, 0.5) is 9.18 Å². The highest BCUT2D eigenvalue weighted by atomic mass is 19.1. The molecule has 0 aromatic heterocycles. The number of amides is 1. The van der Waals surface area contributed by atoms with Crippen molar-refractivity contribution in [3.05, 3.63) is 35.6 Å². The van der Waals surface area contributed by atoms with Crippen LogP contribution in [0.1, 0.15) is 33.3 Å². The maximum absolute atomic E-state index is 12.8. The largest absolute Gasteiger partial charge is 0.444 e. The van der Waals surface area contributed by atoms with Crippen molar-refractivity contribution in [1.82, 2.24) is 4.90 Å². The molecule has 0 bridgehead atoms. The first-order chi connectivity index (χ1) is 8.81. The molecule has 4 heteroatoms. The number of carbonyl (C=O) groups is 1. The molecule has 1 aromatic carbocycles. The lowest BCUT2D eigenvalue weighted by Gasteiger charge is -2.26. The van der Waals surface area contributed by atoms with Crippen molar-refractivity contribution in [2.75, 3.05) is 13.1 Å². The summed E-state index contributed by atoms with van der Waals surface area (Å²) < 4.78 is 18.1. The Morgan fingerprint density at radius 3 is 2.32 bits per heavy atom. The first kappa shape index (κ1) is 15.5. The van der Waals surface area contributed by atoms with E-state index in [0.29, 0.717) is 19.5 Å². The third kappa shape index (κ3) is 5.73. The first-order valence-corrected chi connectivity index (χ1v) is 6.54. The summed E-state index contributed by atoms with van der Waals surface area (Å²) >= 11 is 0. The SMILES string of the molecule is CCN(CCc1ccc(F)cc1)C(=O)OC(C)(C)C. The van der Waals surface area contributed by atoms with Gasteiger partial charge in [0.1, 0.15) is 11.4 Å². The summed E-state index contributed by atoms with van der Waals surface area (Å²) in [5.74, 6) is -0.247. The Morgan fingerprint density at radius 1 is 1.26 bits per heavy atom. The molecule has 0 spiro atoms. The molecule has 0 unspecified atom stereocenters. The topological polar surface area (TPSA) is 29.5 Å². The van der Waals surface area contributed by atoms with Crippen LogP contribution in [0.5, 0.6) is 0 Å². The third-order valence-electron chi connectivity index (χ3n) is 2.62. The molecule has 0 saturated heterocycles. The van der Waals surface area contributed by atoms with Gasteiger partial charge in [-0.1, -0.05) is 12.1 Å². The van der Waals surface area contributed by atoms with Crippen LogP contribution in [-0.2, 0) is 11.2 Å². The van der Waals surface area contributed by atoms with Crippen LogP contribution < -0.4 is 0 Å². The van der Waals surface area contributed by atoms with Crippen LogP contribution in [0.25, 0.3) is 0 Å². The highest BCUT2D eigenvalue weighted by Gasteiger charge is 2.20. The van der Waals surface area contributed by atoms with E-state index in [9.17, 15) is 9.18 Å². The van der Waals surface area contributed by atoms with Crippen molar-refractivity contribution in [1.29, 1.82) is 0 Å². The molecule has 0 saturated carbocycles. The van der Waals surface area contributed by atoms with E-state index in [1.807, 2.05) is 27.7 Å². The Kier molecular flexibility index (Phi) is 5.33. The maximum atomic E-state index is 12.8. The smallest absolute Gasteiger partial charge is 0.410 e. The lowest BCUT2D eigenvalue weighted by Crippen LogP contribution is -2.37. The number of nitrogens with zero attached hydrogens (tertiary/aromatic N) is 1. The average Bonchev–Trinajstić information content (AvgIpc) is 2.30. The van der Waals surface area contributed by atoms with E-state index in [1.165, 1.54) is 12.1 Å². The average molecular weight is 267 g/mol. The van der Waals surface area contributed by atoms with Crippen LogP contribution in [0.3, 0.4) is 0 Å². The molecule has 1 aromatic rings. The van der Waals surface area contributed by atoms with Crippen molar-refractivity contribution in [2.24, 2.45) is 0 Å². The number of benzene rings is 1. The van der Waals surface area contributed by atoms with Gasteiger partial charge in [-0.3, -0.25) is 0 Å². The van der Waals surface area contributed by atoms with Gasteiger partial charge in [-0.05, 0) is 51.8 Å². The molecule has 0 radical (unpaired) electrons. The monoisotopic (exact) mass is 267 g/mol. The number of hydrogen-bond acceptors (Lipinski definition) is 2. The first-order valence-electron chi connectivity index (χ1n) is 6.54. The molecule has 0 aliphatic rings. The normalized spacial score (nSPS) is 11.2. The standard InChI is InChI=1S/C15H22FNO2/c1-5-17(14(18)19-15(2,3)4)11-10-12-6-8-13(16)9-7-12/h6-9H,5,10-11H2,1-4H3. The summed E-state index contributed by atoms with van der Waals surface area (Å²) in [4.78, 5) is 13.6. The Labute approximate surface area is 114 Å². The number of rotatable bonds is 4. The summed E-state index contributed by atoms with van der Waals surface area (Å²) in [7, 11) is 0. The highest BCUT2D eigenvalue weighted by molar-refractivity contribution is 5.68. The highest BCUT2D eigenvalue weighted by Crippen LogP contribution is 2.11. The Bertz CT molecular complexity index is 409. The number of halogens is 1. The maximum Gasteiger partial charge on any atom is 0.410 e. The summed E-state index contributed by atoms with van der Waals surface area (Å²) in [6.45, 7) is 8.61. The molecule has 19 heavy (non-hydrogen) atoms. The number of likely N-dealkylation sites (N-methyl/N-ethyl adjacent to an activating group) is 1. The van der Waals surface area contributed by atoms with Crippen LogP contribution in [0.15, 0.2) is 24.3 Å². The zero-order valence-electron chi connectivity index (χ0n) is 12.1. The van der Waals surface area contributed by atoms with E-state index < -0.39 is 5.60 Å². The second kappa shape index (κ2) is 6.55. The minimum Gasteiger partial charge on any atom is -0.444 e. The molecular formula is C15H22FNO2. The molecular weight excluding hydrogens is 245 g/mol. The fraction of sp³-hybridized carbons (Fsp3) is 0.533. The molecule has 3 nitrogen and oxygen atoms in total. The van der Waals surface area contributed by atoms with Gasteiger partial charge in [-0.2, -0.15) is 0 Å². The Balaban J connectivity index is 2.53. The Hall–Kier alpha value is -1.58. The Morgan fingerprint density at radius 2 is 1.84 bits per heavy atom. The van der Waals surface area contributed by atoms with Crippen LogP contribution in [-0.4, -0.2) is 29.7 Å². The predicted molar refractivity (Wildman–Crippen MR) is 73.6 cm³/mol. The van der Waals surface area contributed by atoms with Crippen molar-refractivity contribution in [3.63, 3.8) is 0 Å². The van der Waals surface area contributed by atoms with Gasteiger partial charge in [0.25, 0.3) is 0 Å². The van der Waals surface area contributed by atoms with Crippen LogP contribution >= 0.6 is 0 Å². The molecule has 106 valence electrons. The van der Waals surface area contributed by atoms with E-state index in [4.69, 9.17) is 4.74 Å². The second-order valence-corrected chi connectivity index (χ2v) is 5.44. The van der Waals surface area contributed by atoms with Crippen molar-refractivity contribution >= 4 is 6.09 Å². The second-order valence-electron chi connectivity index (χ2n) is 5.44. The van der Waals surface area contributed by atoms with Gasteiger partial charge < -0.3 is 9.64 Å². The van der Waals surface area contributed by atoms with Crippen LogP contribution in [0.2, 0.25) is 0 Å². The van der Waals surface area contributed by atoms with Gasteiger partial charge >= 0.3 is 6.09 Å². The quantitative estimate of drug-likeness (QED) is 0.833. The fourth-order valence-electron chi connectivity index (χ4n) is 1.62. The zero-order valence-corrected chi connectivity index (χ0v) is 12.1. The number of hydrogen-bond donors (Lipinski definition) is 0. The summed E-state index contributed by atoms with van der Waals surface area (Å²) in [5.41, 5.74) is 0.517. The molecule has 0 atom stereocenters. The molecule has 0 fully saturated rings. The number of carbonyl (C=O) groups excluding carboxylic acids is 1. The van der Waals surface area contributed by atoms with E-state index in [1.54, 1.807) is 17.0 Å². The minimum absolute atomic E-state index is 0.247. The van der Waals surface area contributed by atoms with E-state index in [2.05, 4.69) is 0 Å². The summed E-state index contributed by atoms with van der Waals surface area (Å²) in [5, 5.41) is 0. The molecule has 0 aliphatic heterocycles.